The Balaban J connectivity index is 2.39. The van der Waals surface area contributed by atoms with E-state index in [1.807, 2.05) is 12.4 Å². The summed E-state index contributed by atoms with van der Waals surface area (Å²) in [6, 6.07) is 0. The van der Waals surface area contributed by atoms with Gasteiger partial charge in [0.1, 0.15) is 5.82 Å². The van der Waals surface area contributed by atoms with Crippen LogP contribution in [0, 0.1) is 5.92 Å². The molecule has 2 nitrogen and oxygen atoms in total. The van der Waals surface area contributed by atoms with Gasteiger partial charge in [-0.15, -0.1) is 0 Å². The van der Waals surface area contributed by atoms with Gasteiger partial charge in [-0.1, -0.05) is 52.9 Å². The van der Waals surface area contributed by atoms with Crippen molar-refractivity contribution in [1.29, 1.82) is 0 Å². The maximum atomic E-state index is 4.51. The summed E-state index contributed by atoms with van der Waals surface area (Å²) in [6.07, 6.45) is 15.2. The number of aromatic nitrogens is 2. The molecule has 2 heteroatoms. The Morgan fingerprint density at radius 3 is 2.00 bits per heavy atom. The number of unbranched alkanes of at least 4 members (excludes halogenated alkanes) is 1. The fourth-order valence-corrected chi connectivity index (χ4v) is 2.60. The lowest BCUT2D eigenvalue weighted by molar-refractivity contribution is 0.408. The minimum absolute atomic E-state index is 0.860. The normalized spacial score (nSPS) is 11.2. The lowest BCUT2D eigenvalue weighted by Gasteiger charge is -2.14. The Morgan fingerprint density at radius 2 is 1.47 bits per heavy atom. The van der Waals surface area contributed by atoms with Crippen LogP contribution in [0.1, 0.15) is 77.1 Å². The third kappa shape index (κ3) is 6.70. The minimum atomic E-state index is 0.860. The van der Waals surface area contributed by atoms with Crippen LogP contribution < -0.4 is 0 Å². The molecule has 0 amide bonds. The molecule has 0 saturated carbocycles. The average molecular weight is 262 g/mol. The summed E-state index contributed by atoms with van der Waals surface area (Å²) < 4.78 is 0. The first kappa shape index (κ1) is 16.1. The third-order valence-corrected chi connectivity index (χ3v) is 3.75. The van der Waals surface area contributed by atoms with Crippen LogP contribution >= 0.6 is 0 Å². The van der Waals surface area contributed by atoms with Gasteiger partial charge in [-0.25, -0.2) is 9.97 Å². The molecular formula is C17H30N2. The predicted molar refractivity (Wildman–Crippen MR) is 82.3 cm³/mol. The van der Waals surface area contributed by atoms with Gasteiger partial charge in [0.25, 0.3) is 0 Å². The van der Waals surface area contributed by atoms with Crippen molar-refractivity contribution < 1.29 is 0 Å². The van der Waals surface area contributed by atoms with Gasteiger partial charge in [-0.2, -0.15) is 0 Å². The summed E-state index contributed by atoms with van der Waals surface area (Å²) in [7, 11) is 0. The highest BCUT2D eigenvalue weighted by molar-refractivity contribution is 5.05. The lowest BCUT2D eigenvalue weighted by atomic mass is 9.93. The van der Waals surface area contributed by atoms with Gasteiger partial charge in [-0.05, 0) is 30.7 Å². The van der Waals surface area contributed by atoms with Crippen molar-refractivity contribution in [3.05, 3.63) is 23.8 Å². The fraction of sp³-hybridized carbons (Fsp3) is 0.765. The summed E-state index contributed by atoms with van der Waals surface area (Å²) in [5, 5.41) is 0. The van der Waals surface area contributed by atoms with Crippen molar-refractivity contribution in [3.8, 4) is 0 Å². The number of hydrogen-bond donors (Lipinski definition) is 0. The molecule has 1 aromatic rings. The highest BCUT2D eigenvalue weighted by atomic mass is 14.9. The summed E-state index contributed by atoms with van der Waals surface area (Å²) in [6.45, 7) is 6.78. The van der Waals surface area contributed by atoms with Crippen molar-refractivity contribution in [1.82, 2.24) is 9.97 Å². The Bertz CT molecular complexity index is 313. The summed E-state index contributed by atoms with van der Waals surface area (Å²) in [5.41, 5.74) is 1.28. The molecule has 0 radical (unpaired) electrons. The highest BCUT2D eigenvalue weighted by Gasteiger charge is 2.08. The van der Waals surface area contributed by atoms with Crippen molar-refractivity contribution in [3.63, 3.8) is 0 Å². The van der Waals surface area contributed by atoms with E-state index in [1.54, 1.807) is 0 Å². The zero-order chi connectivity index (χ0) is 13.9. The van der Waals surface area contributed by atoms with Crippen molar-refractivity contribution in [2.45, 2.75) is 78.6 Å². The van der Waals surface area contributed by atoms with Crippen LogP contribution in [0.3, 0.4) is 0 Å². The molecule has 0 bridgehead atoms. The Hall–Kier alpha value is -0.920. The molecule has 0 saturated heterocycles. The second-order valence-electron chi connectivity index (χ2n) is 5.59. The van der Waals surface area contributed by atoms with Crippen LogP contribution in [-0.4, -0.2) is 9.97 Å². The van der Waals surface area contributed by atoms with Crippen LogP contribution in [0.4, 0.5) is 0 Å². The molecule has 0 atom stereocenters. The number of hydrogen-bond acceptors (Lipinski definition) is 2. The van der Waals surface area contributed by atoms with Gasteiger partial charge in [-0.3, -0.25) is 0 Å². The van der Waals surface area contributed by atoms with E-state index in [-0.39, 0.29) is 0 Å². The summed E-state index contributed by atoms with van der Waals surface area (Å²) in [5.74, 6) is 1.89. The van der Waals surface area contributed by atoms with E-state index in [1.165, 1.54) is 50.5 Å². The van der Waals surface area contributed by atoms with Crippen LogP contribution in [0.2, 0.25) is 0 Å². The smallest absolute Gasteiger partial charge is 0.128 e. The second-order valence-corrected chi connectivity index (χ2v) is 5.59. The Morgan fingerprint density at radius 1 is 0.842 bits per heavy atom. The SMILES string of the molecule is CCCCc1cnc(CCC(CCC)CCC)nc1. The first-order chi connectivity index (χ1) is 9.30. The number of nitrogens with zero attached hydrogens (tertiary/aromatic N) is 2. The van der Waals surface area contributed by atoms with Gasteiger partial charge in [0, 0.05) is 18.8 Å². The van der Waals surface area contributed by atoms with E-state index in [0.717, 1.165) is 24.6 Å². The van der Waals surface area contributed by atoms with Crippen LogP contribution in [-0.2, 0) is 12.8 Å². The molecule has 1 rings (SSSR count). The average Bonchev–Trinajstić information content (AvgIpc) is 2.44. The fourth-order valence-electron chi connectivity index (χ4n) is 2.60. The number of rotatable bonds is 10. The zero-order valence-corrected chi connectivity index (χ0v) is 13.0. The molecule has 0 N–H and O–H groups in total. The number of aryl methyl sites for hydroxylation is 2. The zero-order valence-electron chi connectivity index (χ0n) is 13.0. The van der Waals surface area contributed by atoms with E-state index in [0.29, 0.717) is 0 Å². The van der Waals surface area contributed by atoms with Gasteiger partial charge < -0.3 is 0 Å². The largest absolute Gasteiger partial charge is 0.241 e. The molecule has 0 aliphatic carbocycles. The molecular weight excluding hydrogens is 232 g/mol. The molecule has 0 aromatic carbocycles. The van der Waals surface area contributed by atoms with Gasteiger partial charge >= 0.3 is 0 Å². The van der Waals surface area contributed by atoms with Gasteiger partial charge in [0.2, 0.25) is 0 Å². The first-order valence-corrected chi connectivity index (χ1v) is 8.09. The minimum Gasteiger partial charge on any atom is -0.241 e. The predicted octanol–water partition coefficient (Wildman–Crippen LogP) is 4.97. The van der Waals surface area contributed by atoms with E-state index < -0.39 is 0 Å². The van der Waals surface area contributed by atoms with E-state index >= 15 is 0 Å². The molecule has 0 aliphatic heterocycles. The Labute approximate surface area is 119 Å². The molecule has 0 aliphatic rings. The van der Waals surface area contributed by atoms with Crippen molar-refractivity contribution in [2.75, 3.05) is 0 Å². The van der Waals surface area contributed by atoms with E-state index in [4.69, 9.17) is 0 Å². The third-order valence-electron chi connectivity index (χ3n) is 3.75. The molecule has 0 unspecified atom stereocenters. The maximum Gasteiger partial charge on any atom is 0.128 e. The molecule has 0 spiro atoms. The Kier molecular flexibility index (Phi) is 8.44. The lowest BCUT2D eigenvalue weighted by Crippen LogP contribution is -2.04. The molecule has 0 fully saturated rings. The molecule has 108 valence electrons. The van der Waals surface area contributed by atoms with Crippen molar-refractivity contribution in [2.24, 2.45) is 5.92 Å². The van der Waals surface area contributed by atoms with Crippen molar-refractivity contribution >= 4 is 0 Å². The summed E-state index contributed by atoms with van der Waals surface area (Å²) in [4.78, 5) is 9.03. The first-order valence-electron chi connectivity index (χ1n) is 8.09. The van der Waals surface area contributed by atoms with Crippen LogP contribution in [0.5, 0.6) is 0 Å². The molecule has 1 heterocycles. The molecule has 19 heavy (non-hydrogen) atoms. The standard InChI is InChI=1S/C17H30N2/c1-4-7-10-16-13-18-17(19-14-16)12-11-15(8-5-2)9-6-3/h13-15H,4-12H2,1-3H3. The van der Waals surface area contributed by atoms with Crippen LogP contribution in [0.15, 0.2) is 12.4 Å². The van der Waals surface area contributed by atoms with E-state index in [9.17, 15) is 0 Å². The quantitative estimate of drug-likeness (QED) is 0.595. The van der Waals surface area contributed by atoms with Crippen LogP contribution in [0.25, 0.3) is 0 Å². The topological polar surface area (TPSA) is 25.8 Å². The highest BCUT2D eigenvalue weighted by Crippen LogP contribution is 2.19. The van der Waals surface area contributed by atoms with Gasteiger partial charge in [0.05, 0.1) is 0 Å². The maximum absolute atomic E-state index is 4.51. The summed E-state index contributed by atoms with van der Waals surface area (Å²) >= 11 is 0. The monoisotopic (exact) mass is 262 g/mol. The molecule has 1 aromatic heterocycles. The van der Waals surface area contributed by atoms with E-state index in [2.05, 4.69) is 30.7 Å². The second kappa shape index (κ2) is 9.94. The van der Waals surface area contributed by atoms with Gasteiger partial charge in [0.15, 0.2) is 0 Å².